The monoisotopic (exact) mass is 463 g/mol. The van der Waals surface area contributed by atoms with Gasteiger partial charge in [0.2, 0.25) is 11.8 Å². The normalized spacial score (nSPS) is 13.5. The summed E-state index contributed by atoms with van der Waals surface area (Å²) in [7, 11) is 0. The van der Waals surface area contributed by atoms with Crippen LogP contribution in [0.1, 0.15) is 5.56 Å². The number of fused-ring (bicyclic) bond motifs is 1. The van der Waals surface area contributed by atoms with E-state index in [9.17, 15) is 4.79 Å². The zero-order valence-electron chi connectivity index (χ0n) is 17.6. The molecule has 168 valence electrons. The lowest BCUT2D eigenvalue weighted by Crippen LogP contribution is -2.58. The number of amides is 2. The second-order valence-electron chi connectivity index (χ2n) is 7.82. The molecule has 0 atom stereocenters. The molecular formula is C23H22ClN7O2. The van der Waals surface area contributed by atoms with Gasteiger partial charge in [-0.15, -0.1) is 0 Å². The molecule has 0 unspecified atom stereocenters. The van der Waals surface area contributed by atoms with Gasteiger partial charge < -0.3 is 31.0 Å². The molecule has 2 aromatic heterocycles. The van der Waals surface area contributed by atoms with E-state index in [4.69, 9.17) is 22.1 Å². The average Bonchev–Trinajstić information content (AvgIpc) is 3.19. The number of rotatable bonds is 7. The van der Waals surface area contributed by atoms with Crippen LogP contribution in [0, 0.1) is 0 Å². The van der Waals surface area contributed by atoms with Crippen LogP contribution in [0.25, 0.3) is 11.0 Å². The highest BCUT2D eigenvalue weighted by Crippen LogP contribution is 2.23. The fraction of sp³-hybridized carbons (Fsp3) is 0.174. The smallest absolute Gasteiger partial charge is 0.314 e. The van der Waals surface area contributed by atoms with Crippen LogP contribution in [0.2, 0.25) is 5.02 Å². The Kier molecular flexibility index (Phi) is 5.62. The number of H-pyrrole nitrogens is 1. The first-order valence-corrected chi connectivity index (χ1v) is 10.8. The van der Waals surface area contributed by atoms with E-state index in [1.807, 2.05) is 42.5 Å². The lowest BCUT2D eigenvalue weighted by atomic mass is 10.1. The number of ether oxygens (including phenoxy) is 1. The Bertz CT molecular complexity index is 1270. The van der Waals surface area contributed by atoms with Gasteiger partial charge in [0.1, 0.15) is 5.75 Å². The number of carbonyl (C=O) groups excluding carboxylic acids is 1. The number of hydrogen-bond donors (Lipinski definition) is 4. The molecule has 0 aliphatic carbocycles. The number of halogens is 1. The molecule has 2 amide bonds. The average molecular weight is 464 g/mol. The molecule has 5 rings (SSSR count). The number of aromatic amines is 1. The maximum atomic E-state index is 11.1. The van der Waals surface area contributed by atoms with Crippen molar-refractivity contribution >= 4 is 40.3 Å². The van der Waals surface area contributed by atoms with Gasteiger partial charge in [-0.25, -0.2) is 14.8 Å². The fourth-order valence-corrected chi connectivity index (χ4v) is 3.68. The molecule has 10 heteroatoms. The highest BCUT2D eigenvalue weighted by atomic mass is 35.5. The van der Waals surface area contributed by atoms with E-state index >= 15 is 0 Å². The van der Waals surface area contributed by atoms with E-state index in [-0.39, 0.29) is 12.1 Å². The SMILES string of the molecule is NC(=O)N1CC(Nc2ccc3nc(NCc4ccc(Oc5ccc(Cl)cn5)cc4)[nH]c3c2)C1. The van der Waals surface area contributed by atoms with Crippen molar-refractivity contribution in [1.82, 2.24) is 19.9 Å². The van der Waals surface area contributed by atoms with Crippen LogP contribution in [-0.4, -0.2) is 45.0 Å². The van der Waals surface area contributed by atoms with Crippen LogP contribution in [0.5, 0.6) is 11.6 Å². The molecule has 0 spiro atoms. The fourth-order valence-electron chi connectivity index (χ4n) is 3.57. The maximum Gasteiger partial charge on any atom is 0.314 e. The molecule has 2 aromatic carbocycles. The first-order chi connectivity index (χ1) is 16.0. The van der Waals surface area contributed by atoms with Crippen molar-refractivity contribution in [2.45, 2.75) is 12.6 Å². The highest BCUT2D eigenvalue weighted by molar-refractivity contribution is 6.30. The zero-order chi connectivity index (χ0) is 22.8. The molecule has 0 saturated carbocycles. The summed E-state index contributed by atoms with van der Waals surface area (Å²) in [6.07, 6.45) is 1.55. The Balaban J connectivity index is 1.16. The third-order valence-electron chi connectivity index (χ3n) is 5.35. The molecule has 1 fully saturated rings. The third kappa shape index (κ3) is 4.93. The van der Waals surface area contributed by atoms with Gasteiger partial charge in [-0.2, -0.15) is 0 Å². The molecule has 33 heavy (non-hydrogen) atoms. The lowest BCUT2D eigenvalue weighted by molar-refractivity contribution is 0.167. The first-order valence-electron chi connectivity index (χ1n) is 10.4. The van der Waals surface area contributed by atoms with E-state index < -0.39 is 0 Å². The summed E-state index contributed by atoms with van der Waals surface area (Å²) in [6.45, 7) is 1.84. The van der Waals surface area contributed by atoms with Crippen molar-refractivity contribution < 1.29 is 9.53 Å². The number of likely N-dealkylation sites (tertiary alicyclic amines) is 1. The van der Waals surface area contributed by atoms with Gasteiger partial charge >= 0.3 is 6.03 Å². The molecule has 4 aromatic rings. The summed E-state index contributed by atoms with van der Waals surface area (Å²) >= 11 is 5.85. The molecular weight excluding hydrogens is 442 g/mol. The summed E-state index contributed by atoms with van der Waals surface area (Å²) in [6, 6.07) is 17.0. The Morgan fingerprint density at radius 1 is 1.18 bits per heavy atom. The number of imidazole rings is 1. The number of urea groups is 1. The minimum atomic E-state index is -0.381. The van der Waals surface area contributed by atoms with E-state index in [2.05, 4.69) is 25.6 Å². The number of benzene rings is 2. The Hall–Kier alpha value is -3.98. The minimum absolute atomic E-state index is 0.206. The summed E-state index contributed by atoms with van der Waals surface area (Å²) in [4.78, 5) is 24.7. The number of nitrogens with two attached hydrogens (primary N) is 1. The molecule has 1 aliphatic rings. The predicted molar refractivity (Wildman–Crippen MR) is 128 cm³/mol. The maximum absolute atomic E-state index is 11.1. The van der Waals surface area contributed by atoms with Crippen molar-refractivity contribution in [3.63, 3.8) is 0 Å². The quantitative estimate of drug-likeness (QED) is 0.326. The number of primary amides is 1. The van der Waals surface area contributed by atoms with Gasteiger partial charge in [0.25, 0.3) is 0 Å². The van der Waals surface area contributed by atoms with E-state index in [0.29, 0.717) is 42.2 Å². The lowest BCUT2D eigenvalue weighted by Gasteiger charge is -2.38. The molecule has 3 heterocycles. The van der Waals surface area contributed by atoms with Crippen LogP contribution < -0.4 is 21.1 Å². The van der Waals surface area contributed by atoms with Gasteiger partial charge in [-0.3, -0.25) is 0 Å². The summed E-state index contributed by atoms with van der Waals surface area (Å²) < 4.78 is 5.72. The van der Waals surface area contributed by atoms with Crippen molar-refractivity contribution in [2.24, 2.45) is 5.73 Å². The number of pyridine rings is 1. The van der Waals surface area contributed by atoms with Gasteiger partial charge in [-0.1, -0.05) is 23.7 Å². The minimum Gasteiger partial charge on any atom is -0.439 e. The number of nitrogens with zero attached hydrogens (tertiary/aromatic N) is 3. The topological polar surface area (TPSA) is 121 Å². The Labute approximate surface area is 194 Å². The van der Waals surface area contributed by atoms with Gasteiger partial charge in [-0.05, 0) is 42.0 Å². The molecule has 9 nitrogen and oxygen atoms in total. The second-order valence-corrected chi connectivity index (χ2v) is 8.25. The van der Waals surface area contributed by atoms with Crippen molar-refractivity contribution in [3.8, 4) is 11.6 Å². The Morgan fingerprint density at radius 3 is 2.73 bits per heavy atom. The van der Waals surface area contributed by atoms with Crippen molar-refractivity contribution in [2.75, 3.05) is 23.7 Å². The number of anilines is 2. The number of aromatic nitrogens is 3. The molecule has 1 aliphatic heterocycles. The molecule has 0 radical (unpaired) electrons. The van der Waals surface area contributed by atoms with Gasteiger partial charge in [0, 0.05) is 37.6 Å². The predicted octanol–water partition coefficient (Wildman–Crippen LogP) is 4.19. The highest BCUT2D eigenvalue weighted by Gasteiger charge is 2.28. The first kappa shape index (κ1) is 20.9. The van der Waals surface area contributed by atoms with Crippen molar-refractivity contribution in [1.29, 1.82) is 0 Å². The number of hydrogen-bond acceptors (Lipinski definition) is 6. The summed E-state index contributed by atoms with van der Waals surface area (Å²) in [5.41, 5.74) is 9.12. The number of carbonyl (C=O) groups is 1. The molecule has 1 saturated heterocycles. The van der Waals surface area contributed by atoms with Crippen LogP contribution in [0.4, 0.5) is 16.4 Å². The molecule has 5 N–H and O–H groups in total. The van der Waals surface area contributed by atoms with Crippen LogP contribution in [0.3, 0.4) is 0 Å². The van der Waals surface area contributed by atoms with E-state index in [0.717, 1.165) is 22.3 Å². The second kappa shape index (κ2) is 8.87. The standard InChI is InChI=1S/C23H22ClN7O2/c24-15-3-8-21(26-11-15)33-18-5-1-14(2-6-18)10-27-23-29-19-7-4-16(9-20(19)30-23)28-17-12-31(13-17)22(25)32/h1-9,11,17,28H,10,12-13H2,(H2,25,32)(H2,27,29,30). The van der Waals surface area contributed by atoms with E-state index in [1.54, 1.807) is 23.2 Å². The van der Waals surface area contributed by atoms with Crippen molar-refractivity contribution in [3.05, 3.63) is 71.4 Å². The van der Waals surface area contributed by atoms with Crippen LogP contribution in [-0.2, 0) is 6.54 Å². The van der Waals surface area contributed by atoms with Gasteiger partial charge in [0.05, 0.1) is 22.1 Å². The van der Waals surface area contributed by atoms with Crippen LogP contribution in [0.15, 0.2) is 60.8 Å². The van der Waals surface area contributed by atoms with Gasteiger partial charge in [0.15, 0.2) is 0 Å². The van der Waals surface area contributed by atoms with Crippen LogP contribution >= 0.6 is 11.6 Å². The van der Waals surface area contributed by atoms with E-state index in [1.165, 1.54) is 0 Å². The number of nitrogens with one attached hydrogen (secondary N) is 3. The summed E-state index contributed by atoms with van der Waals surface area (Å²) in [5.74, 6) is 1.88. The largest absolute Gasteiger partial charge is 0.439 e. The molecule has 0 bridgehead atoms. The summed E-state index contributed by atoms with van der Waals surface area (Å²) in [5, 5.41) is 7.29. The zero-order valence-corrected chi connectivity index (χ0v) is 18.3. The Morgan fingerprint density at radius 2 is 2.00 bits per heavy atom. The third-order valence-corrected chi connectivity index (χ3v) is 5.58.